The summed E-state index contributed by atoms with van der Waals surface area (Å²) >= 11 is 6.72. The molecule has 0 saturated carbocycles. The van der Waals surface area contributed by atoms with E-state index in [0.717, 1.165) is 29.6 Å². The highest BCUT2D eigenvalue weighted by Crippen LogP contribution is 2.28. The number of carbonyl (C=O) groups is 1. The second-order valence-corrected chi connectivity index (χ2v) is 7.70. The quantitative estimate of drug-likeness (QED) is 0.622. The van der Waals surface area contributed by atoms with Crippen molar-refractivity contribution < 1.29 is 9.53 Å². The molecule has 26 heavy (non-hydrogen) atoms. The van der Waals surface area contributed by atoms with Crippen molar-refractivity contribution in [3.8, 4) is 5.75 Å². The van der Waals surface area contributed by atoms with Gasteiger partial charge >= 0.3 is 0 Å². The van der Waals surface area contributed by atoms with Crippen molar-refractivity contribution >= 4 is 43.5 Å². The fraction of sp³-hybridized carbons (Fsp3) is 0.368. The van der Waals surface area contributed by atoms with Gasteiger partial charge in [0.2, 0.25) is 5.43 Å². The molecule has 1 amide bonds. The van der Waals surface area contributed by atoms with E-state index in [1.165, 1.54) is 7.11 Å². The molecule has 0 atom stereocenters. The van der Waals surface area contributed by atoms with Crippen LogP contribution in [0.15, 0.2) is 31.9 Å². The van der Waals surface area contributed by atoms with Crippen LogP contribution in [0.25, 0.3) is 0 Å². The van der Waals surface area contributed by atoms with Gasteiger partial charge in [-0.25, -0.2) is 0 Å². The lowest BCUT2D eigenvalue weighted by atomic mass is 10.1. The van der Waals surface area contributed by atoms with Crippen molar-refractivity contribution in [1.29, 1.82) is 0 Å². The van der Waals surface area contributed by atoms with E-state index >= 15 is 0 Å². The van der Waals surface area contributed by atoms with E-state index < -0.39 is 5.91 Å². The summed E-state index contributed by atoms with van der Waals surface area (Å²) in [5, 5.41) is 2.80. The third-order valence-corrected chi connectivity index (χ3v) is 5.72. The maximum atomic E-state index is 12.9. The molecule has 0 radical (unpaired) electrons. The average Bonchev–Trinajstić information content (AvgIpc) is 2.61. The number of halogens is 2. The molecule has 0 spiro atoms. The first-order chi connectivity index (χ1) is 12.3. The van der Waals surface area contributed by atoms with E-state index in [-0.39, 0.29) is 11.0 Å². The van der Waals surface area contributed by atoms with Gasteiger partial charge in [0.1, 0.15) is 11.3 Å². The zero-order valence-electron chi connectivity index (χ0n) is 15.3. The molecule has 7 heteroatoms. The van der Waals surface area contributed by atoms with Crippen molar-refractivity contribution in [3.05, 3.63) is 54.3 Å². The van der Waals surface area contributed by atoms with Crippen LogP contribution in [0.5, 0.6) is 5.75 Å². The molecule has 0 aliphatic rings. The first-order valence-corrected chi connectivity index (χ1v) is 9.94. The van der Waals surface area contributed by atoms with E-state index in [0.29, 0.717) is 21.6 Å². The van der Waals surface area contributed by atoms with Crippen molar-refractivity contribution in [2.24, 2.45) is 0 Å². The van der Waals surface area contributed by atoms with Crippen LogP contribution in [0.1, 0.15) is 41.5 Å². The molecule has 140 valence electrons. The first kappa shape index (κ1) is 20.7. The number of pyridine rings is 1. The molecule has 1 aromatic carbocycles. The van der Waals surface area contributed by atoms with E-state index in [2.05, 4.69) is 44.1 Å². The van der Waals surface area contributed by atoms with Crippen LogP contribution in [-0.2, 0) is 6.54 Å². The summed E-state index contributed by atoms with van der Waals surface area (Å²) in [5.74, 6) is 0.0712. The minimum atomic E-state index is -0.445. The number of benzene rings is 1. The number of aromatic nitrogens is 1. The molecule has 1 heterocycles. The van der Waals surface area contributed by atoms with Crippen molar-refractivity contribution in [2.45, 2.75) is 40.2 Å². The highest BCUT2D eigenvalue weighted by Gasteiger charge is 2.22. The summed E-state index contributed by atoms with van der Waals surface area (Å²) in [5.41, 5.74) is 1.85. The largest absolute Gasteiger partial charge is 0.495 e. The van der Waals surface area contributed by atoms with E-state index in [1.54, 1.807) is 18.2 Å². The summed E-state index contributed by atoms with van der Waals surface area (Å²) in [6.07, 6.45) is 2.00. The Morgan fingerprint density at radius 3 is 2.54 bits per heavy atom. The summed E-state index contributed by atoms with van der Waals surface area (Å²) in [4.78, 5) is 25.6. The number of hydrogen-bond acceptors (Lipinski definition) is 3. The third kappa shape index (κ3) is 4.20. The second kappa shape index (κ2) is 8.86. The van der Waals surface area contributed by atoms with Crippen molar-refractivity contribution in [1.82, 2.24) is 4.57 Å². The summed E-state index contributed by atoms with van der Waals surface area (Å²) in [6, 6.07) is 5.29. The molecule has 0 unspecified atom stereocenters. The molecule has 2 aromatic rings. The van der Waals surface area contributed by atoms with E-state index in [4.69, 9.17) is 4.74 Å². The van der Waals surface area contributed by atoms with Gasteiger partial charge in [0.15, 0.2) is 0 Å². The zero-order valence-corrected chi connectivity index (χ0v) is 18.5. The van der Waals surface area contributed by atoms with Crippen LogP contribution in [0.3, 0.4) is 0 Å². The van der Waals surface area contributed by atoms with Crippen LogP contribution in [0.2, 0.25) is 0 Å². The Morgan fingerprint density at radius 1 is 1.23 bits per heavy atom. The second-order valence-electron chi connectivity index (χ2n) is 5.99. The van der Waals surface area contributed by atoms with Crippen molar-refractivity contribution in [2.75, 3.05) is 12.4 Å². The predicted octanol–water partition coefficient (Wildman–Crippen LogP) is 5.05. The van der Waals surface area contributed by atoms with Gasteiger partial charge in [0.05, 0.1) is 17.3 Å². The zero-order chi connectivity index (χ0) is 19.4. The number of nitrogens with one attached hydrogen (secondary N) is 1. The Labute approximate surface area is 170 Å². The molecule has 1 aromatic heterocycles. The standard InChI is InChI=1S/C19H22Br2N2O3/c1-5-6-9-23-11(2)16(18(24)17(21)12(23)3)19(25)22-14-8-7-13(20)10-15(14)26-4/h7-8,10H,5-6,9H2,1-4H3,(H,22,25). The number of hydrogen-bond donors (Lipinski definition) is 1. The Balaban J connectivity index is 2.49. The predicted molar refractivity (Wildman–Crippen MR) is 111 cm³/mol. The summed E-state index contributed by atoms with van der Waals surface area (Å²) in [6.45, 7) is 6.56. The molecule has 0 bridgehead atoms. The minimum Gasteiger partial charge on any atom is -0.495 e. The number of nitrogens with zero attached hydrogens (tertiary/aromatic N) is 1. The SMILES string of the molecule is CCCCn1c(C)c(Br)c(=O)c(C(=O)Nc2ccc(Br)cc2OC)c1C. The lowest BCUT2D eigenvalue weighted by Gasteiger charge is -2.19. The van der Waals surface area contributed by atoms with Gasteiger partial charge in [-0.05, 0) is 54.4 Å². The van der Waals surface area contributed by atoms with Gasteiger partial charge in [-0.2, -0.15) is 0 Å². The highest BCUT2D eigenvalue weighted by molar-refractivity contribution is 9.10. The maximum absolute atomic E-state index is 12.9. The van der Waals surface area contributed by atoms with Crippen LogP contribution >= 0.6 is 31.9 Å². The molecule has 0 saturated heterocycles. The normalized spacial score (nSPS) is 10.7. The smallest absolute Gasteiger partial charge is 0.261 e. The van der Waals surface area contributed by atoms with Crippen LogP contribution in [0, 0.1) is 13.8 Å². The Bertz CT molecular complexity index is 891. The van der Waals surface area contributed by atoms with Gasteiger partial charge in [-0.15, -0.1) is 0 Å². The lowest BCUT2D eigenvalue weighted by Crippen LogP contribution is -2.28. The number of rotatable bonds is 6. The molecule has 5 nitrogen and oxygen atoms in total. The molecule has 0 aliphatic heterocycles. The van der Waals surface area contributed by atoms with Gasteiger partial charge in [-0.1, -0.05) is 29.3 Å². The fourth-order valence-corrected chi connectivity index (χ4v) is 3.57. The third-order valence-electron chi connectivity index (χ3n) is 4.29. The topological polar surface area (TPSA) is 60.3 Å². The molecular weight excluding hydrogens is 464 g/mol. The number of unbranched alkanes of at least 4 members (excludes halogenated alkanes) is 1. The minimum absolute atomic E-state index is 0.142. The van der Waals surface area contributed by atoms with E-state index in [1.807, 2.05) is 18.4 Å². The number of anilines is 1. The van der Waals surface area contributed by atoms with Gasteiger partial charge < -0.3 is 14.6 Å². The number of methoxy groups -OCH3 is 1. The molecule has 1 N–H and O–H groups in total. The van der Waals surface area contributed by atoms with Crippen LogP contribution in [-0.4, -0.2) is 17.6 Å². The van der Waals surface area contributed by atoms with Crippen LogP contribution < -0.4 is 15.5 Å². The van der Waals surface area contributed by atoms with Gasteiger partial charge in [0.25, 0.3) is 5.91 Å². The van der Waals surface area contributed by atoms with Crippen LogP contribution in [0.4, 0.5) is 5.69 Å². The Kier molecular flexibility index (Phi) is 7.06. The van der Waals surface area contributed by atoms with Crippen molar-refractivity contribution in [3.63, 3.8) is 0 Å². The summed E-state index contributed by atoms with van der Waals surface area (Å²) < 4.78 is 8.58. The fourth-order valence-electron chi connectivity index (χ4n) is 2.82. The molecule has 0 aliphatic carbocycles. The van der Waals surface area contributed by atoms with Gasteiger partial charge in [0, 0.05) is 22.4 Å². The number of carbonyl (C=O) groups excluding carboxylic acids is 1. The monoisotopic (exact) mass is 484 g/mol. The van der Waals surface area contributed by atoms with E-state index in [9.17, 15) is 9.59 Å². The van der Waals surface area contributed by atoms with Gasteiger partial charge in [-0.3, -0.25) is 9.59 Å². The Morgan fingerprint density at radius 2 is 1.92 bits per heavy atom. The maximum Gasteiger partial charge on any atom is 0.261 e. The first-order valence-electron chi connectivity index (χ1n) is 8.36. The molecule has 0 fully saturated rings. The number of amides is 1. The lowest BCUT2D eigenvalue weighted by molar-refractivity contribution is 0.102. The summed E-state index contributed by atoms with van der Waals surface area (Å²) in [7, 11) is 1.53. The Hall–Kier alpha value is -1.60. The molecule has 2 rings (SSSR count). The molecular formula is C19H22Br2N2O3. The highest BCUT2D eigenvalue weighted by atomic mass is 79.9. The average molecular weight is 486 g/mol. The number of ether oxygens (including phenoxy) is 1.